The number of rotatable bonds is 4. The summed E-state index contributed by atoms with van der Waals surface area (Å²) in [5, 5.41) is 2.65. The number of hydrogen-bond donors (Lipinski definition) is 1. The maximum atomic E-state index is 5.81. The van der Waals surface area contributed by atoms with Gasteiger partial charge < -0.3 is 5.73 Å². The molecule has 0 aliphatic carbocycles. The standard InChI is InChI=1S/C31H23NS/c32-20-21-12-14-23(15-13-21)27-10-5-11-30-31(27)28-19-26(16-17-29(28)33-30)25-9-4-8-24(18-25)22-6-2-1-3-7-22/h1-19H,20,32H2. The highest BCUT2D eigenvalue weighted by Gasteiger charge is 2.12. The van der Waals surface area contributed by atoms with E-state index in [4.69, 9.17) is 5.73 Å². The van der Waals surface area contributed by atoms with Crippen LogP contribution in [0.2, 0.25) is 0 Å². The van der Waals surface area contributed by atoms with Crippen molar-refractivity contribution in [1.82, 2.24) is 0 Å². The summed E-state index contributed by atoms with van der Waals surface area (Å²) in [4.78, 5) is 0. The van der Waals surface area contributed by atoms with Crippen LogP contribution in [0.4, 0.5) is 0 Å². The van der Waals surface area contributed by atoms with Crippen molar-refractivity contribution in [2.45, 2.75) is 6.54 Å². The molecule has 158 valence electrons. The van der Waals surface area contributed by atoms with E-state index in [2.05, 4.69) is 115 Å². The van der Waals surface area contributed by atoms with Gasteiger partial charge in [-0.2, -0.15) is 0 Å². The van der Waals surface area contributed by atoms with Gasteiger partial charge in [-0.3, -0.25) is 0 Å². The molecule has 0 saturated carbocycles. The molecule has 0 aliphatic heterocycles. The number of fused-ring (bicyclic) bond motifs is 3. The molecule has 0 unspecified atom stereocenters. The van der Waals surface area contributed by atoms with Gasteiger partial charge >= 0.3 is 0 Å². The van der Waals surface area contributed by atoms with Crippen LogP contribution in [0, 0.1) is 0 Å². The smallest absolute Gasteiger partial charge is 0.0361 e. The molecule has 1 aromatic heterocycles. The summed E-state index contributed by atoms with van der Waals surface area (Å²) in [7, 11) is 0. The second kappa shape index (κ2) is 8.32. The van der Waals surface area contributed by atoms with Crippen molar-refractivity contribution in [2.24, 2.45) is 5.73 Å². The molecule has 0 amide bonds. The largest absolute Gasteiger partial charge is 0.326 e. The van der Waals surface area contributed by atoms with Crippen LogP contribution in [0.1, 0.15) is 5.56 Å². The highest BCUT2D eigenvalue weighted by Crippen LogP contribution is 2.41. The average molecular weight is 442 g/mol. The van der Waals surface area contributed by atoms with Gasteiger partial charge in [0.15, 0.2) is 0 Å². The monoisotopic (exact) mass is 441 g/mol. The summed E-state index contributed by atoms with van der Waals surface area (Å²) in [6.07, 6.45) is 0. The van der Waals surface area contributed by atoms with Gasteiger partial charge in [-0.15, -0.1) is 11.3 Å². The summed E-state index contributed by atoms with van der Waals surface area (Å²) in [6.45, 7) is 0.567. The third-order valence-electron chi connectivity index (χ3n) is 6.30. The molecule has 0 aliphatic rings. The minimum atomic E-state index is 0.567. The van der Waals surface area contributed by atoms with E-state index in [0.29, 0.717) is 6.54 Å². The molecule has 6 rings (SSSR count). The van der Waals surface area contributed by atoms with Gasteiger partial charge in [0, 0.05) is 26.7 Å². The highest BCUT2D eigenvalue weighted by atomic mass is 32.1. The molecular weight excluding hydrogens is 418 g/mol. The Hall–Kier alpha value is -3.72. The highest BCUT2D eigenvalue weighted by molar-refractivity contribution is 7.25. The number of hydrogen-bond acceptors (Lipinski definition) is 2. The topological polar surface area (TPSA) is 26.0 Å². The average Bonchev–Trinajstić information content (AvgIpc) is 3.27. The Morgan fingerprint density at radius 2 is 1.18 bits per heavy atom. The normalized spacial score (nSPS) is 11.3. The van der Waals surface area contributed by atoms with Gasteiger partial charge in [0.1, 0.15) is 0 Å². The minimum Gasteiger partial charge on any atom is -0.326 e. The summed E-state index contributed by atoms with van der Waals surface area (Å²) >= 11 is 1.86. The summed E-state index contributed by atoms with van der Waals surface area (Å²) in [5.41, 5.74) is 14.4. The first-order valence-corrected chi connectivity index (χ1v) is 12.0. The lowest BCUT2D eigenvalue weighted by molar-refractivity contribution is 1.07. The molecule has 1 nitrogen and oxygen atoms in total. The van der Waals surface area contributed by atoms with Crippen LogP contribution >= 0.6 is 11.3 Å². The van der Waals surface area contributed by atoms with Crippen LogP contribution < -0.4 is 5.73 Å². The Morgan fingerprint density at radius 1 is 0.515 bits per heavy atom. The third-order valence-corrected chi connectivity index (χ3v) is 7.43. The zero-order valence-corrected chi connectivity index (χ0v) is 19.0. The van der Waals surface area contributed by atoms with Gasteiger partial charge in [-0.1, -0.05) is 91.0 Å². The predicted molar refractivity (Wildman–Crippen MR) is 144 cm³/mol. The van der Waals surface area contributed by atoms with Crippen molar-refractivity contribution in [3.8, 4) is 33.4 Å². The first-order chi connectivity index (χ1) is 16.3. The van der Waals surface area contributed by atoms with Crippen molar-refractivity contribution < 1.29 is 0 Å². The Balaban J connectivity index is 1.51. The Morgan fingerprint density at radius 3 is 1.97 bits per heavy atom. The molecule has 0 bridgehead atoms. The van der Waals surface area contributed by atoms with Crippen molar-refractivity contribution >= 4 is 31.5 Å². The van der Waals surface area contributed by atoms with Crippen LogP contribution in [-0.4, -0.2) is 0 Å². The quantitative estimate of drug-likeness (QED) is 0.291. The fourth-order valence-electron chi connectivity index (χ4n) is 4.58. The molecule has 0 saturated heterocycles. The zero-order chi connectivity index (χ0) is 22.2. The molecule has 2 N–H and O–H groups in total. The number of benzene rings is 5. The maximum absolute atomic E-state index is 5.81. The molecule has 0 spiro atoms. The van der Waals surface area contributed by atoms with E-state index in [0.717, 1.165) is 5.56 Å². The SMILES string of the molecule is NCc1ccc(-c2cccc3sc4ccc(-c5cccc(-c6ccccc6)c5)cc4c23)cc1. The zero-order valence-electron chi connectivity index (χ0n) is 18.2. The maximum Gasteiger partial charge on any atom is 0.0361 e. The van der Waals surface area contributed by atoms with E-state index >= 15 is 0 Å². The first-order valence-electron chi connectivity index (χ1n) is 11.2. The number of nitrogens with two attached hydrogens (primary N) is 1. The molecule has 1 heterocycles. The molecule has 2 heteroatoms. The van der Waals surface area contributed by atoms with Crippen LogP contribution in [0.3, 0.4) is 0 Å². The second-order valence-corrected chi connectivity index (χ2v) is 9.42. The van der Waals surface area contributed by atoms with Gasteiger partial charge in [-0.25, -0.2) is 0 Å². The lowest BCUT2D eigenvalue weighted by Crippen LogP contribution is -1.95. The lowest BCUT2D eigenvalue weighted by atomic mass is 9.95. The molecule has 0 radical (unpaired) electrons. The van der Waals surface area contributed by atoms with Crippen molar-refractivity contribution in [3.63, 3.8) is 0 Å². The van der Waals surface area contributed by atoms with Gasteiger partial charge in [-0.05, 0) is 63.2 Å². The molecule has 0 fully saturated rings. The number of thiophene rings is 1. The summed E-state index contributed by atoms with van der Waals surface area (Å²) < 4.78 is 2.64. The van der Waals surface area contributed by atoms with Crippen LogP contribution in [-0.2, 0) is 6.54 Å². The third kappa shape index (κ3) is 3.64. The predicted octanol–water partition coefficient (Wildman–Crippen LogP) is 8.51. The van der Waals surface area contributed by atoms with Gasteiger partial charge in [0.05, 0.1) is 0 Å². The van der Waals surface area contributed by atoms with Crippen LogP contribution in [0.25, 0.3) is 53.6 Å². The second-order valence-electron chi connectivity index (χ2n) is 8.34. The molecular formula is C31H23NS. The van der Waals surface area contributed by atoms with Crippen LogP contribution in [0.5, 0.6) is 0 Å². The van der Waals surface area contributed by atoms with Gasteiger partial charge in [0.25, 0.3) is 0 Å². The molecule has 6 aromatic rings. The Labute approximate surface area is 197 Å². The first kappa shape index (κ1) is 19.9. The fraction of sp³-hybridized carbons (Fsp3) is 0.0323. The van der Waals surface area contributed by atoms with Crippen LogP contribution in [0.15, 0.2) is 115 Å². The summed E-state index contributed by atoms with van der Waals surface area (Å²) in [5.74, 6) is 0. The van der Waals surface area contributed by atoms with E-state index in [-0.39, 0.29) is 0 Å². The van der Waals surface area contributed by atoms with Crippen molar-refractivity contribution in [1.29, 1.82) is 0 Å². The van der Waals surface area contributed by atoms with E-state index in [1.165, 1.54) is 53.6 Å². The summed E-state index contributed by atoms with van der Waals surface area (Å²) in [6, 6.07) is 41.5. The van der Waals surface area contributed by atoms with E-state index < -0.39 is 0 Å². The van der Waals surface area contributed by atoms with Crippen molar-refractivity contribution in [3.05, 3.63) is 121 Å². The van der Waals surface area contributed by atoms with Crippen molar-refractivity contribution in [2.75, 3.05) is 0 Å². The van der Waals surface area contributed by atoms with Gasteiger partial charge in [0.2, 0.25) is 0 Å². The van der Waals surface area contributed by atoms with E-state index in [1.54, 1.807) is 0 Å². The Bertz CT molecular complexity index is 1580. The molecule has 0 atom stereocenters. The molecule has 33 heavy (non-hydrogen) atoms. The lowest BCUT2D eigenvalue weighted by Gasteiger charge is -2.08. The minimum absolute atomic E-state index is 0.567. The molecule has 5 aromatic carbocycles. The fourth-order valence-corrected chi connectivity index (χ4v) is 5.69. The van der Waals surface area contributed by atoms with E-state index in [9.17, 15) is 0 Å². The van der Waals surface area contributed by atoms with E-state index in [1.807, 2.05) is 11.3 Å². The Kier molecular flexibility index (Phi) is 5.03.